The summed E-state index contributed by atoms with van der Waals surface area (Å²) < 4.78 is 27.4. The second kappa shape index (κ2) is 5.60. The molecule has 0 unspecified atom stereocenters. The highest BCUT2D eigenvalue weighted by Crippen LogP contribution is 2.28. The topological polar surface area (TPSA) is 83.5 Å². The monoisotopic (exact) mass is 305 g/mol. The molecule has 0 saturated carbocycles. The standard InChI is InChI=1S/C12H19NO4S2/c1-5-12(4,6-2)13-19(16,17)10-8(3)7-18-9(10)11(14)15/h7,13H,5-6H2,1-4H3,(H,14,15). The third kappa shape index (κ3) is 3.34. The Morgan fingerprint density at radius 1 is 1.42 bits per heavy atom. The van der Waals surface area contributed by atoms with Crippen LogP contribution < -0.4 is 4.72 Å². The summed E-state index contributed by atoms with van der Waals surface area (Å²) in [4.78, 5) is 10.9. The minimum absolute atomic E-state index is 0.113. The molecule has 0 bridgehead atoms. The minimum Gasteiger partial charge on any atom is -0.477 e. The van der Waals surface area contributed by atoms with Crippen molar-refractivity contribution in [1.29, 1.82) is 0 Å². The van der Waals surface area contributed by atoms with Gasteiger partial charge in [0.05, 0.1) is 0 Å². The van der Waals surface area contributed by atoms with E-state index >= 15 is 0 Å². The number of hydrogen-bond donors (Lipinski definition) is 2. The molecule has 0 aliphatic rings. The Bertz CT molecular complexity index is 571. The quantitative estimate of drug-likeness (QED) is 0.846. The maximum Gasteiger partial charge on any atom is 0.347 e. The average Bonchev–Trinajstić information content (AvgIpc) is 2.71. The Kier molecular flexibility index (Phi) is 4.76. The molecule has 1 rings (SSSR count). The fourth-order valence-corrected chi connectivity index (χ4v) is 4.87. The van der Waals surface area contributed by atoms with Gasteiger partial charge in [-0.15, -0.1) is 11.3 Å². The lowest BCUT2D eigenvalue weighted by atomic mass is 9.98. The second-order valence-corrected chi connectivity index (χ2v) is 7.25. The lowest BCUT2D eigenvalue weighted by Crippen LogP contribution is -2.45. The van der Waals surface area contributed by atoms with Crippen molar-refractivity contribution < 1.29 is 18.3 Å². The van der Waals surface area contributed by atoms with Gasteiger partial charge in [-0.2, -0.15) is 0 Å². The van der Waals surface area contributed by atoms with Crippen LogP contribution in [0.25, 0.3) is 0 Å². The molecule has 2 N–H and O–H groups in total. The van der Waals surface area contributed by atoms with Gasteiger partial charge in [0.2, 0.25) is 10.0 Å². The van der Waals surface area contributed by atoms with Crippen molar-refractivity contribution in [2.75, 3.05) is 0 Å². The first-order valence-electron chi connectivity index (χ1n) is 6.02. The molecule has 0 fully saturated rings. The van der Waals surface area contributed by atoms with E-state index in [9.17, 15) is 13.2 Å². The molecule has 5 nitrogen and oxygen atoms in total. The number of thiophene rings is 1. The SMILES string of the molecule is CCC(C)(CC)NS(=O)(=O)c1c(C)csc1C(=O)O. The Hall–Kier alpha value is -0.920. The van der Waals surface area contributed by atoms with Crippen LogP contribution in [0.5, 0.6) is 0 Å². The van der Waals surface area contributed by atoms with E-state index in [0.29, 0.717) is 18.4 Å². The van der Waals surface area contributed by atoms with Crippen LogP contribution in [0.2, 0.25) is 0 Å². The number of aromatic carboxylic acids is 1. The molecule has 0 saturated heterocycles. The molecule has 108 valence electrons. The Morgan fingerprint density at radius 3 is 2.37 bits per heavy atom. The molecule has 1 aromatic rings. The zero-order valence-corrected chi connectivity index (χ0v) is 13.1. The zero-order chi connectivity index (χ0) is 14.8. The van der Waals surface area contributed by atoms with Crippen LogP contribution in [0.4, 0.5) is 0 Å². The largest absolute Gasteiger partial charge is 0.477 e. The van der Waals surface area contributed by atoms with E-state index in [1.165, 1.54) is 0 Å². The summed E-state index contributed by atoms with van der Waals surface area (Å²) in [5.74, 6) is -1.21. The molecular weight excluding hydrogens is 286 g/mol. The van der Waals surface area contributed by atoms with Crippen molar-refractivity contribution >= 4 is 27.3 Å². The lowest BCUT2D eigenvalue weighted by Gasteiger charge is -2.27. The Balaban J connectivity index is 3.29. The summed E-state index contributed by atoms with van der Waals surface area (Å²) in [5, 5.41) is 10.6. The van der Waals surface area contributed by atoms with Crippen LogP contribution in [0.1, 0.15) is 48.8 Å². The van der Waals surface area contributed by atoms with Gasteiger partial charge in [0.15, 0.2) is 0 Å². The molecule has 0 aliphatic heterocycles. The highest BCUT2D eigenvalue weighted by atomic mass is 32.2. The van der Waals surface area contributed by atoms with E-state index in [1.807, 2.05) is 20.8 Å². The summed E-state index contributed by atoms with van der Waals surface area (Å²) in [6.07, 6.45) is 1.27. The third-order valence-corrected chi connectivity index (χ3v) is 6.36. The van der Waals surface area contributed by atoms with E-state index in [4.69, 9.17) is 5.11 Å². The summed E-state index contributed by atoms with van der Waals surface area (Å²) in [5.41, 5.74) is -0.104. The highest BCUT2D eigenvalue weighted by molar-refractivity contribution is 7.89. The zero-order valence-electron chi connectivity index (χ0n) is 11.5. The molecule has 0 aliphatic carbocycles. The number of carbonyl (C=O) groups is 1. The first-order valence-corrected chi connectivity index (χ1v) is 8.38. The van der Waals surface area contributed by atoms with Gasteiger partial charge in [-0.1, -0.05) is 13.8 Å². The predicted molar refractivity (Wildman–Crippen MR) is 75.3 cm³/mol. The van der Waals surface area contributed by atoms with Gasteiger partial charge in [-0.3, -0.25) is 0 Å². The van der Waals surface area contributed by atoms with Gasteiger partial charge in [0.25, 0.3) is 0 Å². The summed E-state index contributed by atoms with van der Waals surface area (Å²) >= 11 is 0.934. The van der Waals surface area contributed by atoms with Crippen LogP contribution in [-0.4, -0.2) is 25.0 Å². The molecule has 7 heteroatoms. The van der Waals surface area contributed by atoms with E-state index < -0.39 is 21.5 Å². The molecule has 19 heavy (non-hydrogen) atoms. The van der Waals surface area contributed by atoms with E-state index in [0.717, 1.165) is 11.3 Å². The maximum absolute atomic E-state index is 12.4. The number of carboxylic acids is 1. The fourth-order valence-electron chi connectivity index (χ4n) is 1.68. The Morgan fingerprint density at radius 2 is 1.95 bits per heavy atom. The summed E-state index contributed by atoms with van der Waals surface area (Å²) in [6.45, 7) is 7.20. The minimum atomic E-state index is -3.83. The average molecular weight is 305 g/mol. The van der Waals surface area contributed by atoms with Crippen molar-refractivity contribution in [3.05, 3.63) is 15.8 Å². The Labute approximate surface area is 117 Å². The van der Waals surface area contributed by atoms with Crippen LogP contribution in [-0.2, 0) is 10.0 Å². The number of nitrogens with one attached hydrogen (secondary N) is 1. The van der Waals surface area contributed by atoms with E-state index in [1.54, 1.807) is 12.3 Å². The van der Waals surface area contributed by atoms with Crippen LogP contribution in [0.15, 0.2) is 10.3 Å². The number of sulfonamides is 1. The second-order valence-electron chi connectivity index (χ2n) is 4.76. The number of carboxylic acid groups (broad SMARTS) is 1. The molecule has 1 heterocycles. The van der Waals surface area contributed by atoms with Gasteiger partial charge in [-0.05, 0) is 37.6 Å². The third-order valence-electron chi connectivity index (χ3n) is 3.32. The van der Waals surface area contributed by atoms with Crippen LogP contribution >= 0.6 is 11.3 Å². The van der Waals surface area contributed by atoms with Gasteiger partial charge in [-0.25, -0.2) is 17.9 Å². The van der Waals surface area contributed by atoms with E-state index in [2.05, 4.69) is 4.72 Å². The number of hydrogen-bond acceptors (Lipinski definition) is 4. The van der Waals surface area contributed by atoms with Gasteiger partial charge in [0, 0.05) is 5.54 Å². The molecule has 0 amide bonds. The maximum atomic E-state index is 12.4. The normalized spacial score (nSPS) is 12.6. The summed E-state index contributed by atoms with van der Waals surface area (Å²) in [6, 6.07) is 0. The van der Waals surface area contributed by atoms with Crippen LogP contribution in [0.3, 0.4) is 0 Å². The van der Waals surface area contributed by atoms with Gasteiger partial charge in [0.1, 0.15) is 9.77 Å². The van der Waals surface area contributed by atoms with Crippen molar-refractivity contribution in [2.24, 2.45) is 0 Å². The first kappa shape index (κ1) is 16.1. The fraction of sp³-hybridized carbons (Fsp3) is 0.583. The lowest BCUT2D eigenvalue weighted by molar-refractivity contribution is 0.0698. The number of aryl methyl sites for hydroxylation is 1. The van der Waals surface area contributed by atoms with Crippen molar-refractivity contribution in [2.45, 2.75) is 51.0 Å². The van der Waals surface area contributed by atoms with Crippen molar-refractivity contribution in [3.63, 3.8) is 0 Å². The smallest absolute Gasteiger partial charge is 0.347 e. The molecule has 0 aromatic carbocycles. The molecule has 1 aromatic heterocycles. The highest BCUT2D eigenvalue weighted by Gasteiger charge is 2.32. The number of rotatable bonds is 6. The van der Waals surface area contributed by atoms with Crippen LogP contribution in [0, 0.1) is 6.92 Å². The predicted octanol–water partition coefficient (Wildman–Crippen LogP) is 2.61. The molecule has 0 spiro atoms. The molecular formula is C12H19NO4S2. The van der Waals surface area contributed by atoms with Crippen molar-refractivity contribution in [1.82, 2.24) is 4.72 Å². The van der Waals surface area contributed by atoms with Gasteiger partial charge < -0.3 is 5.11 Å². The van der Waals surface area contributed by atoms with Gasteiger partial charge >= 0.3 is 5.97 Å². The molecule has 0 radical (unpaired) electrons. The first-order chi connectivity index (χ1) is 8.67. The van der Waals surface area contributed by atoms with Crippen molar-refractivity contribution in [3.8, 4) is 0 Å². The van der Waals surface area contributed by atoms with E-state index in [-0.39, 0.29) is 9.77 Å². The molecule has 0 atom stereocenters. The summed E-state index contributed by atoms with van der Waals surface area (Å²) in [7, 11) is -3.83.